The first-order valence-electron chi connectivity index (χ1n) is 13.1. The van der Waals surface area contributed by atoms with E-state index in [1.807, 2.05) is 67.6 Å². The Labute approximate surface area is 212 Å². The molecular weight excluding hydrogens is 438 g/mol. The minimum Gasteiger partial charge on any atom is -0.461 e. The SMILES string of the molecule is CCCC(C(=O)OCc1ccccc1)C(N)CC.CCCC(C)CCC(=O)OCc1ccccc1. The number of rotatable bonds is 14. The zero-order valence-electron chi connectivity index (χ0n) is 22.1. The largest absolute Gasteiger partial charge is 0.461 e. The van der Waals surface area contributed by atoms with E-state index in [1.165, 1.54) is 12.8 Å². The number of hydrogen-bond acceptors (Lipinski definition) is 5. The van der Waals surface area contributed by atoms with Crippen LogP contribution in [0.25, 0.3) is 0 Å². The molecule has 0 aliphatic heterocycles. The summed E-state index contributed by atoms with van der Waals surface area (Å²) in [6, 6.07) is 19.4. The molecule has 2 aromatic rings. The van der Waals surface area contributed by atoms with Crippen LogP contribution in [-0.2, 0) is 32.3 Å². The summed E-state index contributed by atoms with van der Waals surface area (Å²) in [7, 11) is 0. The Morgan fingerprint density at radius 1 is 0.771 bits per heavy atom. The van der Waals surface area contributed by atoms with Crippen molar-refractivity contribution < 1.29 is 19.1 Å². The van der Waals surface area contributed by atoms with Gasteiger partial charge in [0, 0.05) is 12.5 Å². The van der Waals surface area contributed by atoms with E-state index in [-0.39, 0.29) is 23.9 Å². The van der Waals surface area contributed by atoms with E-state index in [9.17, 15) is 9.59 Å². The van der Waals surface area contributed by atoms with Gasteiger partial charge in [-0.3, -0.25) is 9.59 Å². The Kier molecular flexibility index (Phi) is 16.2. The maximum absolute atomic E-state index is 12.0. The Hall–Kier alpha value is -2.66. The number of benzene rings is 2. The van der Waals surface area contributed by atoms with Gasteiger partial charge >= 0.3 is 11.9 Å². The fourth-order valence-corrected chi connectivity index (χ4v) is 3.75. The van der Waals surface area contributed by atoms with Crippen LogP contribution in [0, 0.1) is 11.8 Å². The van der Waals surface area contributed by atoms with Crippen molar-refractivity contribution in [1.29, 1.82) is 0 Å². The second-order valence-corrected chi connectivity index (χ2v) is 9.14. The first kappa shape index (κ1) is 30.4. The predicted molar refractivity (Wildman–Crippen MR) is 142 cm³/mol. The molecule has 0 heterocycles. The maximum atomic E-state index is 12.0. The summed E-state index contributed by atoms with van der Waals surface area (Å²) in [6.45, 7) is 9.13. The fraction of sp³-hybridized carbons (Fsp3) is 0.533. The quantitative estimate of drug-likeness (QED) is 0.298. The number of carbonyl (C=O) groups excluding carboxylic acids is 2. The molecule has 0 radical (unpaired) electrons. The smallest absolute Gasteiger partial charge is 0.310 e. The van der Waals surface area contributed by atoms with Crippen molar-refractivity contribution in [1.82, 2.24) is 0 Å². The summed E-state index contributed by atoms with van der Waals surface area (Å²) in [5.74, 6) is 0.180. The van der Waals surface area contributed by atoms with Gasteiger partial charge in [-0.15, -0.1) is 0 Å². The Bertz CT molecular complexity index is 810. The predicted octanol–water partition coefficient (Wildman–Crippen LogP) is 6.83. The van der Waals surface area contributed by atoms with Gasteiger partial charge in [0.25, 0.3) is 0 Å². The summed E-state index contributed by atoms with van der Waals surface area (Å²) in [5, 5.41) is 0. The monoisotopic (exact) mass is 483 g/mol. The van der Waals surface area contributed by atoms with Crippen molar-refractivity contribution in [3.63, 3.8) is 0 Å². The molecule has 0 spiro atoms. The van der Waals surface area contributed by atoms with Crippen LogP contribution in [0.2, 0.25) is 0 Å². The molecule has 2 aromatic carbocycles. The van der Waals surface area contributed by atoms with Gasteiger partial charge in [0.05, 0.1) is 5.92 Å². The van der Waals surface area contributed by atoms with Crippen molar-refractivity contribution >= 4 is 11.9 Å². The van der Waals surface area contributed by atoms with Gasteiger partial charge in [-0.2, -0.15) is 0 Å². The highest BCUT2D eigenvalue weighted by Crippen LogP contribution is 2.16. The molecule has 5 nitrogen and oxygen atoms in total. The van der Waals surface area contributed by atoms with Gasteiger partial charge in [-0.05, 0) is 36.3 Å². The highest BCUT2D eigenvalue weighted by Gasteiger charge is 2.24. The summed E-state index contributed by atoms with van der Waals surface area (Å²) in [6.07, 6.45) is 6.37. The zero-order valence-corrected chi connectivity index (χ0v) is 22.1. The fourth-order valence-electron chi connectivity index (χ4n) is 3.75. The highest BCUT2D eigenvalue weighted by atomic mass is 16.5. The van der Waals surface area contributed by atoms with Crippen LogP contribution in [0.4, 0.5) is 0 Å². The van der Waals surface area contributed by atoms with Crippen LogP contribution >= 0.6 is 0 Å². The van der Waals surface area contributed by atoms with Crippen LogP contribution in [0.5, 0.6) is 0 Å². The van der Waals surface area contributed by atoms with Gasteiger partial charge in [0.2, 0.25) is 0 Å². The number of carbonyl (C=O) groups is 2. The van der Waals surface area contributed by atoms with Crippen molar-refractivity contribution in [2.24, 2.45) is 17.6 Å². The molecule has 3 unspecified atom stereocenters. The van der Waals surface area contributed by atoms with Crippen molar-refractivity contribution in [2.45, 2.75) is 91.9 Å². The third-order valence-electron chi connectivity index (χ3n) is 5.98. The molecule has 5 heteroatoms. The second-order valence-electron chi connectivity index (χ2n) is 9.14. The summed E-state index contributed by atoms with van der Waals surface area (Å²) in [4.78, 5) is 23.5. The van der Waals surface area contributed by atoms with E-state index in [1.54, 1.807) is 0 Å². The third-order valence-corrected chi connectivity index (χ3v) is 5.98. The maximum Gasteiger partial charge on any atom is 0.310 e. The minimum atomic E-state index is -0.177. The normalized spacial score (nSPS) is 13.1. The lowest BCUT2D eigenvalue weighted by molar-refractivity contribution is -0.151. The van der Waals surface area contributed by atoms with Crippen LogP contribution in [0.3, 0.4) is 0 Å². The van der Waals surface area contributed by atoms with Gasteiger partial charge in [-0.1, -0.05) is 108 Å². The van der Waals surface area contributed by atoms with Crippen molar-refractivity contribution in [2.75, 3.05) is 0 Å². The molecule has 0 saturated carbocycles. The van der Waals surface area contributed by atoms with Gasteiger partial charge in [-0.25, -0.2) is 0 Å². The molecule has 2 rings (SSSR count). The first-order valence-corrected chi connectivity index (χ1v) is 13.1. The van der Waals surface area contributed by atoms with E-state index in [2.05, 4.69) is 20.8 Å². The molecule has 3 atom stereocenters. The lowest BCUT2D eigenvalue weighted by Gasteiger charge is -2.20. The lowest BCUT2D eigenvalue weighted by Crippen LogP contribution is -2.36. The van der Waals surface area contributed by atoms with Crippen LogP contribution in [-0.4, -0.2) is 18.0 Å². The average Bonchev–Trinajstić information content (AvgIpc) is 2.89. The van der Waals surface area contributed by atoms with Gasteiger partial charge in [0.1, 0.15) is 13.2 Å². The highest BCUT2D eigenvalue weighted by molar-refractivity contribution is 5.73. The molecule has 35 heavy (non-hydrogen) atoms. The molecular formula is C30H45NO4. The zero-order chi connectivity index (χ0) is 25.9. The molecule has 194 valence electrons. The van der Waals surface area contributed by atoms with E-state index in [4.69, 9.17) is 15.2 Å². The molecule has 0 saturated heterocycles. The van der Waals surface area contributed by atoms with Crippen LogP contribution in [0.15, 0.2) is 60.7 Å². The van der Waals surface area contributed by atoms with E-state index in [0.29, 0.717) is 25.6 Å². The van der Waals surface area contributed by atoms with Crippen molar-refractivity contribution in [3.8, 4) is 0 Å². The molecule has 0 aliphatic rings. The number of nitrogens with two attached hydrogens (primary N) is 1. The minimum absolute atomic E-state index is 0.0863. The summed E-state index contributed by atoms with van der Waals surface area (Å²) >= 11 is 0. The Morgan fingerprint density at radius 3 is 1.77 bits per heavy atom. The molecule has 0 bridgehead atoms. The third kappa shape index (κ3) is 13.7. The molecule has 0 fully saturated rings. The average molecular weight is 484 g/mol. The van der Waals surface area contributed by atoms with E-state index >= 15 is 0 Å². The van der Waals surface area contributed by atoms with E-state index in [0.717, 1.165) is 36.8 Å². The number of hydrogen-bond donors (Lipinski definition) is 1. The lowest BCUT2D eigenvalue weighted by atomic mass is 9.94. The Balaban J connectivity index is 0.000000351. The van der Waals surface area contributed by atoms with Crippen LogP contribution in [0.1, 0.15) is 83.8 Å². The number of esters is 2. The molecule has 0 amide bonds. The van der Waals surface area contributed by atoms with E-state index < -0.39 is 0 Å². The summed E-state index contributed by atoms with van der Waals surface area (Å²) < 4.78 is 10.6. The second kappa shape index (κ2) is 18.6. The van der Waals surface area contributed by atoms with Crippen molar-refractivity contribution in [3.05, 3.63) is 71.8 Å². The molecule has 0 aromatic heterocycles. The summed E-state index contributed by atoms with van der Waals surface area (Å²) in [5.41, 5.74) is 8.02. The van der Waals surface area contributed by atoms with Crippen LogP contribution < -0.4 is 5.73 Å². The van der Waals surface area contributed by atoms with Gasteiger partial charge in [0.15, 0.2) is 0 Å². The topological polar surface area (TPSA) is 78.6 Å². The molecule has 2 N–H and O–H groups in total. The standard InChI is InChI=1S/C15H23NO2.C15H22O2/c1-3-8-13(14(16)4-2)15(17)18-11-12-9-6-5-7-10-12;1-3-7-13(2)10-11-15(16)17-12-14-8-5-4-6-9-14/h5-7,9-10,13-14H,3-4,8,11,16H2,1-2H3;4-6,8-9,13H,3,7,10-12H2,1-2H3. The Morgan fingerprint density at radius 2 is 1.29 bits per heavy atom. The number of ether oxygens (including phenoxy) is 2. The molecule has 0 aliphatic carbocycles. The first-order chi connectivity index (χ1) is 16.9. The van der Waals surface area contributed by atoms with Gasteiger partial charge < -0.3 is 15.2 Å².